The van der Waals surface area contributed by atoms with Crippen LogP contribution in [0.5, 0.6) is 0 Å². The third kappa shape index (κ3) is 1.64. The SMILES string of the molecule is C=C1CC(C)(C)C=C(CN)C1=O. The van der Waals surface area contributed by atoms with Crippen LogP contribution in [0, 0.1) is 5.41 Å². The minimum Gasteiger partial charge on any atom is -0.326 e. The highest BCUT2D eigenvalue weighted by atomic mass is 16.1. The van der Waals surface area contributed by atoms with Gasteiger partial charge in [0.15, 0.2) is 5.78 Å². The van der Waals surface area contributed by atoms with E-state index in [9.17, 15) is 4.79 Å². The first-order valence-electron chi connectivity index (χ1n) is 4.10. The van der Waals surface area contributed by atoms with E-state index in [2.05, 4.69) is 20.4 Å². The van der Waals surface area contributed by atoms with Gasteiger partial charge in [0.1, 0.15) is 0 Å². The molecule has 0 amide bonds. The fraction of sp³-hybridized carbons (Fsp3) is 0.500. The van der Waals surface area contributed by atoms with Crippen molar-refractivity contribution in [1.29, 1.82) is 0 Å². The molecule has 2 heteroatoms. The molecule has 0 heterocycles. The number of carbonyl (C=O) groups excluding carboxylic acids is 1. The molecule has 0 bridgehead atoms. The molecule has 0 fully saturated rings. The van der Waals surface area contributed by atoms with Gasteiger partial charge in [-0.25, -0.2) is 0 Å². The van der Waals surface area contributed by atoms with Gasteiger partial charge in [-0.1, -0.05) is 26.5 Å². The van der Waals surface area contributed by atoms with Crippen LogP contribution < -0.4 is 5.73 Å². The van der Waals surface area contributed by atoms with Gasteiger partial charge in [0.2, 0.25) is 0 Å². The van der Waals surface area contributed by atoms with Crippen molar-refractivity contribution in [2.45, 2.75) is 20.3 Å². The van der Waals surface area contributed by atoms with E-state index in [1.54, 1.807) is 0 Å². The number of rotatable bonds is 1. The lowest BCUT2D eigenvalue weighted by atomic mass is 9.77. The Morgan fingerprint density at radius 3 is 2.75 bits per heavy atom. The van der Waals surface area contributed by atoms with Gasteiger partial charge in [0.05, 0.1) is 0 Å². The van der Waals surface area contributed by atoms with Crippen LogP contribution in [0.3, 0.4) is 0 Å². The minimum absolute atomic E-state index is 0.0387. The Kier molecular flexibility index (Phi) is 2.20. The summed E-state index contributed by atoms with van der Waals surface area (Å²) in [6.45, 7) is 8.23. The van der Waals surface area contributed by atoms with Gasteiger partial charge < -0.3 is 5.73 Å². The number of ketones is 1. The van der Waals surface area contributed by atoms with E-state index in [-0.39, 0.29) is 11.2 Å². The van der Waals surface area contributed by atoms with Crippen molar-refractivity contribution in [3.63, 3.8) is 0 Å². The molecule has 66 valence electrons. The number of carbonyl (C=O) groups is 1. The lowest BCUT2D eigenvalue weighted by molar-refractivity contribution is -0.113. The predicted octanol–water partition coefficient (Wildman–Crippen LogP) is 1.43. The van der Waals surface area contributed by atoms with Crippen LogP contribution in [-0.2, 0) is 4.79 Å². The van der Waals surface area contributed by atoms with Crippen molar-refractivity contribution in [3.8, 4) is 0 Å². The molecule has 1 aliphatic rings. The largest absolute Gasteiger partial charge is 0.326 e. The van der Waals surface area contributed by atoms with Gasteiger partial charge in [0, 0.05) is 12.1 Å². The van der Waals surface area contributed by atoms with Crippen LogP contribution in [0.25, 0.3) is 0 Å². The highest BCUT2D eigenvalue weighted by molar-refractivity contribution is 6.09. The van der Waals surface area contributed by atoms with Gasteiger partial charge in [-0.2, -0.15) is 0 Å². The Labute approximate surface area is 73.1 Å². The number of hydrogen-bond donors (Lipinski definition) is 1. The van der Waals surface area contributed by atoms with Crippen molar-refractivity contribution in [2.24, 2.45) is 11.1 Å². The predicted molar refractivity (Wildman–Crippen MR) is 49.7 cm³/mol. The molecule has 0 aromatic heterocycles. The highest BCUT2D eigenvalue weighted by Crippen LogP contribution is 2.33. The Morgan fingerprint density at radius 2 is 2.25 bits per heavy atom. The Balaban J connectivity index is 3.04. The van der Waals surface area contributed by atoms with Crippen molar-refractivity contribution >= 4 is 5.78 Å². The van der Waals surface area contributed by atoms with E-state index < -0.39 is 0 Å². The van der Waals surface area contributed by atoms with Crippen LogP contribution in [-0.4, -0.2) is 12.3 Å². The molecule has 0 radical (unpaired) electrons. The maximum absolute atomic E-state index is 11.4. The Morgan fingerprint density at radius 1 is 1.67 bits per heavy atom. The molecule has 12 heavy (non-hydrogen) atoms. The average molecular weight is 165 g/mol. The fourth-order valence-corrected chi connectivity index (χ4v) is 1.60. The zero-order valence-electron chi connectivity index (χ0n) is 7.68. The van der Waals surface area contributed by atoms with Gasteiger partial charge in [-0.05, 0) is 17.4 Å². The monoisotopic (exact) mass is 165 g/mol. The highest BCUT2D eigenvalue weighted by Gasteiger charge is 2.27. The molecule has 1 aliphatic carbocycles. The quantitative estimate of drug-likeness (QED) is 0.597. The van der Waals surface area contributed by atoms with E-state index in [4.69, 9.17) is 5.73 Å². The molecular weight excluding hydrogens is 150 g/mol. The first-order valence-corrected chi connectivity index (χ1v) is 4.10. The van der Waals surface area contributed by atoms with Crippen LogP contribution in [0.15, 0.2) is 23.8 Å². The van der Waals surface area contributed by atoms with E-state index in [0.717, 1.165) is 6.42 Å². The maximum atomic E-state index is 11.4. The van der Waals surface area contributed by atoms with Crippen LogP contribution >= 0.6 is 0 Å². The van der Waals surface area contributed by atoms with Crippen molar-refractivity contribution in [2.75, 3.05) is 6.54 Å². The molecule has 0 saturated carbocycles. The van der Waals surface area contributed by atoms with Crippen LogP contribution in [0.1, 0.15) is 20.3 Å². The normalized spacial score (nSPS) is 22.4. The van der Waals surface area contributed by atoms with Crippen molar-refractivity contribution < 1.29 is 4.79 Å². The summed E-state index contributed by atoms with van der Waals surface area (Å²) in [5.74, 6) is 0.0387. The second kappa shape index (κ2) is 2.87. The van der Waals surface area contributed by atoms with Gasteiger partial charge in [0.25, 0.3) is 0 Å². The summed E-state index contributed by atoms with van der Waals surface area (Å²) in [4.78, 5) is 11.4. The minimum atomic E-state index is 0.0387. The summed E-state index contributed by atoms with van der Waals surface area (Å²) in [6, 6.07) is 0. The zero-order chi connectivity index (χ0) is 9.35. The number of hydrogen-bond acceptors (Lipinski definition) is 2. The standard InChI is InChI=1S/C10H15NO/c1-7-4-10(2,3)5-8(6-11)9(7)12/h5H,1,4,6,11H2,2-3H3. The molecule has 0 saturated heterocycles. The van der Waals surface area contributed by atoms with E-state index >= 15 is 0 Å². The smallest absolute Gasteiger partial charge is 0.185 e. The van der Waals surface area contributed by atoms with Gasteiger partial charge in [-0.15, -0.1) is 0 Å². The summed E-state index contributed by atoms with van der Waals surface area (Å²) in [6.07, 6.45) is 2.71. The maximum Gasteiger partial charge on any atom is 0.185 e. The van der Waals surface area contributed by atoms with Gasteiger partial charge in [-0.3, -0.25) is 4.79 Å². The first kappa shape index (κ1) is 9.20. The zero-order valence-corrected chi connectivity index (χ0v) is 7.68. The number of allylic oxidation sites excluding steroid dienone is 2. The van der Waals surface area contributed by atoms with Gasteiger partial charge >= 0.3 is 0 Å². The summed E-state index contributed by atoms with van der Waals surface area (Å²) in [5, 5.41) is 0. The lowest BCUT2D eigenvalue weighted by Crippen LogP contribution is -2.25. The molecule has 0 atom stereocenters. The molecular formula is C10H15NO. The second-order valence-corrected chi connectivity index (χ2v) is 3.97. The molecule has 2 N–H and O–H groups in total. The Bertz CT molecular complexity index is 261. The summed E-state index contributed by atoms with van der Waals surface area (Å²) < 4.78 is 0. The van der Waals surface area contributed by atoms with Crippen LogP contribution in [0.4, 0.5) is 0 Å². The van der Waals surface area contributed by atoms with Crippen molar-refractivity contribution in [3.05, 3.63) is 23.8 Å². The second-order valence-electron chi connectivity index (χ2n) is 3.97. The molecule has 2 nitrogen and oxygen atoms in total. The number of Topliss-reactive ketones (excluding diaryl/α,β-unsaturated/α-hetero) is 1. The van der Waals surface area contributed by atoms with Crippen LogP contribution in [0.2, 0.25) is 0 Å². The van der Waals surface area contributed by atoms with E-state index in [1.165, 1.54) is 0 Å². The fourth-order valence-electron chi connectivity index (χ4n) is 1.60. The summed E-state index contributed by atoms with van der Waals surface area (Å²) >= 11 is 0. The van der Waals surface area contributed by atoms with Crippen molar-refractivity contribution in [1.82, 2.24) is 0 Å². The topological polar surface area (TPSA) is 43.1 Å². The van der Waals surface area contributed by atoms with E-state index in [1.807, 2.05) is 6.08 Å². The first-order chi connectivity index (χ1) is 5.46. The van der Waals surface area contributed by atoms with E-state index in [0.29, 0.717) is 17.7 Å². The molecule has 1 rings (SSSR count). The third-order valence-corrected chi connectivity index (χ3v) is 2.07. The Hall–Kier alpha value is -0.890. The summed E-state index contributed by atoms with van der Waals surface area (Å²) in [5.41, 5.74) is 6.88. The average Bonchev–Trinajstić information content (AvgIpc) is 1.96. The molecule has 0 aromatic carbocycles. The molecule has 0 aromatic rings. The molecule has 0 unspecified atom stereocenters. The lowest BCUT2D eigenvalue weighted by Gasteiger charge is -2.27. The third-order valence-electron chi connectivity index (χ3n) is 2.07. The molecule has 0 spiro atoms. The summed E-state index contributed by atoms with van der Waals surface area (Å²) in [7, 11) is 0. The molecule has 0 aliphatic heterocycles. The number of nitrogens with two attached hydrogens (primary N) is 1.